The maximum absolute atomic E-state index is 6.66. The lowest BCUT2D eigenvalue weighted by Gasteiger charge is -2.05. The number of aryl methyl sites for hydroxylation is 1. The van der Waals surface area contributed by atoms with Crippen molar-refractivity contribution in [1.82, 2.24) is 0 Å². The van der Waals surface area contributed by atoms with E-state index >= 15 is 0 Å². The molecule has 0 amide bonds. The van der Waals surface area contributed by atoms with E-state index in [1.807, 2.05) is 11.3 Å². The molecule has 1 aromatic heterocycles. The van der Waals surface area contributed by atoms with Crippen LogP contribution >= 0.6 is 22.9 Å². The van der Waals surface area contributed by atoms with Crippen LogP contribution in [-0.4, -0.2) is 0 Å². The molecule has 2 aliphatic rings. The average molecular weight is 255 g/mol. The van der Waals surface area contributed by atoms with Gasteiger partial charge in [0.1, 0.15) is 0 Å². The first-order chi connectivity index (χ1) is 7.81. The Bertz CT molecular complexity index is 359. The molecule has 3 rings (SSSR count). The Hall–Kier alpha value is -0.0100. The van der Waals surface area contributed by atoms with Crippen molar-refractivity contribution in [1.29, 1.82) is 0 Å². The molecule has 16 heavy (non-hydrogen) atoms. The predicted molar refractivity (Wildman–Crippen MR) is 71.2 cm³/mol. The second-order valence-electron chi connectivity index (χ2n) is 5.25. The van der Waals surface area contributed by atoms with Crippen molar-refractivity contribution in [2.24, 2.45) is 17.8 Å². The summed E-state index contributed by atoms with van der Waals surface area (Å²) in [5.41, 5.74) is 0. The molecule has 0 aromatic carbocycles. The summed E-state index contributed by atoms with van der Waals surface area (Å²) in [6.07, 6.45) is 6.89. The fraction of sp³-hybridized carbons (Fsp3) is 0.714. The average Bonchev–Trinajstić information content (AvgIpc) is 2.84. The second kappa shape index (κ2) is 4.34. The van der Waals surface area contributed by atoms with Gasteiger partial charge in [-0.05, 0) is 49.1 Å². The van der Waals surface area contributed by atoms with Crippen molar-refractivity contribution < 1.29 is 0 Å². The van der Waals surface area contributed by atoms with Crippen LogP contribution in [-0.2, 0) is 6.42 Å². The summed E-state index contributed by atoms with van der Waals surface area (Å²) in [6.45, 7) is 2.22. The van der Waals surface area contributed by atoms with E-state index in [0.29, 0.717) is 5.38 Å². The topological polar surface area (TPSA) is 0 Å². The Balaban J connectivity index is 1.71. The first-order valence-electron chi connectivity index (χ1n) is 6.54. The summed E-state index contributed by atoms with van der Waals surface area (Å²) < 4.78 is 0. The van der Waals surface area contributed by atoms with E-state index in [4.69, 9.17) is 11.6 Å². The van der Waals surface area contributed by atoms with Gasteiger partial charge >= 0.3 is 0 Å². The molecule has 2 saturated carbocycles. The molecule has 0 spiro atoms. The first-order valence-corrected chi connectivity index (χ1v) is 7.79. The van der Waals surface area contributed by atoms with E-state index in [2.05, 4.69) is 19.1 Å². The van der Waals surface area contributed by atoms with E-state index in [-0.39, 0.29) is 0 Å². The fourth-order valence-corrected chi connectivity index (χ4v) is 4.97. The highest BCUT2D eigenvalue weighted by Crippen LogP contribution is 2.62. The van der Waals surface area contributed by atoms with Gasteiger partial charge in [-0.15, -0.1) is 22.9 Å². The Kier molecular flexibility index (Phi) is 3.01. The van der Waals surface area contributed by atoms with Crippen LogP contribution in [0.4, 0.5) is 0 Å². The van der Waals surface area contributed by atoms with Gasteiger partial charge in [-0.3, -0.25) is 0 Å². The molecule has 2 aliphatic carbocycles. The van der Waals surface area contributed by atoms with Gasteiger partial charge in [0.05, 0.1) is 5.38 Å². The normalized spacial score (nSPS) is 34.5. The van der Waals surface area contributed by atoms with Crippen LogP contribution in [0.5, 0.6) is 0 Å². The van der Waals surface area contributed by atoms with Crippen LogP contribution in [0.1, 0.15) is 47.7 Å². The summed E-state index contributed by atoms with van der Waals surface area (Å²) >= 11 is 8.58. The number of thiophene rings is 1. The third-order valence-electron chi connectivity index (χ3n) is 4.36. The van der Waals surface area contributed by atoms with Gasteiger partial charge in [0.2, 0.25) is 0 Å². The largest absolute Gasteiger partial charge is 0.144 e. The molecule has 2 heteroatoms. The molecule has 0 saturated heterocycles. The summed E-state index contributed by atoms with van der Waals surface area (Å²) in [6, 6.07) is 4.51. The Morgan fingerprint density at radius 2 is 2.00 bits per heavy atom. The van der Waals surface area contributed by atoms with Crippen molar-refractivity contribution in [2.45, 2.75) is 44.4 Å². The Morgan fingerprint density at radius 1 is 1.31 bits per heavy atom. The van der Waals surface area contributed by atoms with Crippen molar-refractivity contribution >= 4 is 22.9 Å². The molecule has 1 aromatic rings. The van der Waals surface area contributed by atoms with Gasteiger partial charge in [-0.25, -0.2) is 0 Å². The summed E-state index contributed by atoms with van der Waals surface area (Å²) in [5.74, 6) is 2.72. The van der Waals surface area contributed by atoms with E-state index in [1.165, 1.54) is 35.4 Å². The summed E-state index contributed by atoms with van der Waals surface area (Å²) in [5, 5.41) is 0.304. The molecule has 3 atom stereocenters. The molecule has 0 bridgehead atoms. The molecular formula is C14H19ClS. The van der Waals surface area contributed by atoms with Gasteiger partial charge in [-0.1, -0.05) is 19.8 Å². The molecule has 2 fully saturated rings. The number of halogens is 1. The zero-order valence-corrected chi connectivity index (χ0v) is 11.4. The van der Waals surface area contributed by atoms with Crippen LogP contribution in [0.25, 0.3) is 0 Å². The molecule has 0 N–H and O–H groups in total. The maximum atomic E-state index is 6.66. The zero-order valence-electron chi connectivity index (χ0n) is 9.79. The van der Waals surface area contributed by atoms with E-state index in [0.717, 1.165) is 24.2 Å². The van der Waals surface area contributed by atoms with Crippen molar-refractivity contribution in [3.63, 3.8) is 0 Å². The van der Waals surface area contributed by atoms with Crippen LogP contribution in [0.2, 0.25) is 0 Å². The summed E-state index contributed by atoms with van der Waals surface area (Å²) in [7, 11) is 0. The van der Waals surface area contributed by atoms with Gasteiger partial charge < -0.3 is 0 Å². The van der Waals surface area contributed by atoms with Crippen LogP contribution in [0, 0.1) is 17.8 Å². The minimum absolute atomic E-state index is 0.304. The maximum Gasteiger partial charge on any atom is 0.0712 e. The quantitative estimate of drug-likeness (QED) is 0.664. The number of alkyl halides is 1. The van der Waals surface area contributed by atoms with Gasteiger partial charge in [0, 0.05) is 9.75 Å². The van der Waals surface area contributed by atoms with Crippen LogP contribution in [0.3, 0.4) is 0 Å². The number of hydrogen-bond acceptors (Lipinski definition) is 1. The fourth-order valence-electron chi connectivity index (χ4n) is 3.40. The lowest BCUT2D eigenvalue weighted by atomic mass is 10.0. The standard InChI is InChI=1S/C14H19ClS/c1-2-9-7-8-12(16-9)14(15)13-10-5-3-4-6-11(10)13/h7-8,10-11,13-14H,2-6H2,1H3. The van der Waals surface area contributed by atoms with Gasteiger partial charge in [0.25, 0.3) is 0 Å². The molecular weight excluding hydrogens is 236 g/mol. The van der Waals surface area contributed by atoms with Crippen LogP contribution < -0.4 is 0 Å². The molecule has 3 unspecified atom stereocenters. The van der Waals surface area contributed by atoms with Gasteiger partial charge in [0.15, 0.2) is 0 Å². The molecule has 1 heterocycles. The zero-order chi connectivity index (χ0) is 11.1. The second-order valence-corrected chi connectivity index (χ2v) is 6.92. The molecule has 0 nitrogen and oxygen atoms in total. The monoisotopic (exact) mass is 254 g/mol. The first kappa shape index (κ1) is 11.1. The minimum atomic E-state index is 0.304. The predicted octanol–water partition coefficient (Wildman–Crippen LogP) is 5.03. The molecule has 0 aliphatic heterocycles. The van der Waals surface area contributed by atoms with Crippen LogP contribution in [0.15, 0.2) is 12.1 Å². The minimum Gasteiger partial charge on any atom is -0.144 e. The lowest BCUT2D eigenvalue weighted by molar-refractivity contribution is 0.480. The van der Waals surface area contributed by atoms with E-state index < -0.39 is 0 Å². The number of fused-ring (bicyclic) bond motifs is 1. The van der Waals surface area contributed by atoms with Crippen molar-refractivity contribution in [2.75, 3.05) is 0 Å². The highest BCUT2D eigenvalue weighted by molar-refractivity contribution is 7.12. The lowest BCUT2D eigenvalue weighted by Crippen LogP contribution is -1.92. The van der Waals surface area contributed by atoms with Crippen molar-refractivity contribution in [3.05, 3.63) is 21.9 Å². The smallest absolute Gasteiger partial charge is 0.0712 e. The Labute approximate surface area is 107 Å². The molecule has 88 valence electrons. The third-order valence-corrected chi connectivity index (χ3v) is 6.33. The van der Waals surface area contributed by atoms with Gasteiger partial charge in [-0.2, -0.15) is 0 Å². The third kappa shape index (κ3) is 1.82. The van der Waals surface area contributed by atoms with E-state index in [9.17, 15) is 0 Å². The SMILES string of the molecule is CCc1ccc(C(Cl)C2C3CCCCC32)s1. The number of rotatable bonds is 3. The van der Waals surface area contributed by atoms with E-state index in [1.54, 1.807) is 0 Å². The highest BCUT2D eigenvalue weighted by atomic mass is 35.5. The van der Waals surface area contributed by atoms with Crippen molar-refractivity contribution in [3.8, 4) is 0 Å². The Morgan fingerprint density at radius 3 is 2.56 bits per heavy atom. The highest BCUT2D eigenvalue weighted by Gasteiger charge is 2.54. The summed E-state index contributed by atoms with van der Waals surface area (Å²) in [4.78, 5) is 2.89. The molecule has 0 radical (unpaired) electrons. The number of hydrogen-bond donors (Lipinski definition) is 0.